The summed E-state index contributed by atoms with van der Waals surface area (Å²) in [5, 5.41) is 3.52. The van der Waals surface area contributed by atoms with Gasteiger partial charge in [0.1, 0.15) is 0 Å². The Morgan fingerprint density at radius 2 is 1.22 bits per heavy atom. The molecule has 2 nitrogen and oxygen atoms in total. The van der Waals surface area contributed by atoms with Crippen LogP contribution in [0.1, 0.15) is 16.7 Å². The van der Waals surface area contributed by atoms with Crippen LogP contribution in [-0.2, 0) is 12.4 Å². The number of allylic oxidation sites excluding steroid dienone is 1. The Labute approximate surface area is 184 Å². The molecular formula is C23H15ClF6N2. The van der Waals surface area contributed by atoms with Gasteiger partial charge in [-0.15, -0.1) is 0 Å². The zero-order valence-electron chi connectivity index (χ0n) is 16.2. The van der Waals surface area contributed by atoms with Gasteiger partial charge in [-0.25, -0.2) is 0 Å². The molecule has 0 heterocycles. The number of aliphatic imine (C=N–C) groups is 1. The van der Waals surface area contributed by atoms with Crippen molar-refractivity contribution in [1.82, 2.24) is 0 Å². The summed E-state index contributed by atoms with van der Waals surface area (Å²) in [6.45, 7) is 0. The second kappa shape index (κ2) is 9.48. The zero-order valence-corrected chi connectivity index (χ0v) is 16.9. The van der Waals surface area contributed by atoms with Crippen LogP contribution in [0.4, 0.5) is 37.7 Å². The van der Waals surface area contributed by atoms with Gasteiger partial charge < -0.3 is 5.32 Å². The minimum absolute atomic E-state index is 0.305. The van der Waals surface area contributed by atoms with E-state index in [-0.39, 0.29) is 0 Å². The van der Waals surface area contributed by atoms with E-state index in [1.165, 1.54) is 30.5 Å². The lowest BCUT2D eigenvalue weighted by Crippen LogP contribution is -2.05. The molecule has 0 spiro atoms. The van der Waals surface area contributed by atoms with Crippen molar-refractivity contribution in [2.75, 3.05) is 5.32 Å². The highest BCUT2D eigenvalue weighted by atomic mass is 35.5. The summed E-state index contributed by atoms with van der Waals surface area (Å²) in [4.78, 5) is 4.12. The number of hydrogen-bond donors (Lipinski definition) is 1. The molecule has 0 amide bonds. The number of rotatable bonds is 5. The minimum Gasteiger partial charge on any atom is -0.355 e. The van der Waals surface area contributed by atoms with Crippen molar-refractivity contribution >= 4 is 34.9 Å². The molecule has 0 saturated heterocycles. The van der Waals surface area contributed by atoms with Crippen molar-refractivity contribution in [2.45, 2.75) is 12.4 Å². The summed E-state index contributed by atoms with van der Waals surface area (Å²) in [7, 11) is 0. The molecule has 0 atom stereocenters. The molecule has 0 bridgehead atoms. The van der Waals surface area contributed by atoms with Gasteiger partial charge in [-0.3, -0.25) is 4.99 Å². The van der Waals surface area contributed by atoms with E-state index in [1.807, 2.05) is 0 Å². The highest BCUT2D eigenvalue weighted by Crippen LogP contribution is 2.31. The Morgan fingerprint density at radius 1 is 0.719 bits per heavy atom. The van der Waals surface area contributed by atoms with Crippen molar-refractivity contribution in [3.63, 3.8) is 0 Å². The van der Waals surface area contributed by atoms with Gasteiger partial charge in [0.2, 0.25) is 0 Å². The van der Waals surface area contributed by atoms with Gasteiger partial charge in [-0.1, -0.05) is 23.7 Å². The van der Waals surface area contributed by atoms with E-state index in [0.29, 0.717) is 27.7 Å². The molecule has 0 aliphatic heterocycles. The molecule has 32 heavy (non-hydrogen) atoms. The third-order valence-electron chi connectivity index (χ3n) is 4.31. The Kier molecular flexibility index (Phi) is 6.93. The molecule has 1 N–H and O–H groups in total. The Balaban J connectivity index is 1.85. The molecule has 0 radical (unpaired) electrons. The molecule has 0 unspecified atom stereocenters. The Morgan fingerprint density at radius 3 is 1.72 bits per heavy atom. The van der Waals surface area contributed by atoms with Gasteiger partial charge in [0, 0.05) is 22.6 Å². The predicted molar refractivity (Wildman–Crippen MR) is 114 cm³/mol. The molecule has 3 aromatic carbocycles. The van der Waals surface area contributed by atoms with Crippen LogP contribution in [0.2, 0.25) is 5.02 Å². The van der Waals surface area contributed by atoms with Crippen LogP contribution >= 0.6 is 11.6 Å². The van der Waals surface area contributed by atoms with E-state index in [2.05, 4.69) is 10.3 Å². The predicted octanol–water partition coefficient (Wildman–Crippen LogP) is 8.23. The second-order valence-electron chi connectivity index (χ2n) is 6.61. The lowest BCUT2D eigenvalue weighted by atomic mass is 10.1. The van der Waals surface area contributed by atoms with E-state index in [4.69, 9.17) is 11.6 Å². The first-order chi connectivity index (χ1) is 15.0. The topological polar surface area (TPSA) is 24.4 Å². The maximum atomic E-state index is 12.8. The highest BCUT2D eigenvalue weighted by molar-refractivity contribution is 6.30. The van der Waals surface area contributed by atoms with Gasteiger partial charge >= 0.3 is 12.4 Å². The van der Waals surface area contributed by atoms with Gasteiger partial charge in [0.25, 0.3) is 0 Å². The van der Waals surface area contributed by atoms with E-state index in [0.717, 1.165) is 24.3 Å². The minimum atomic E-state index is -4.44. The van der Waals surface area contributed by atoms with Crippen LogP contribution in [0.25, 0.3) is 5.70 Å². The molecule has 3 rings (SSSR count). The third kappa shape index (κ3) is 6.37. The van der Waals surface area contributed by atoms with E-state index >= 15 is 0 Å². The molecule has 0 aromatic heterocycles. The van der Waals surface area contributed by atoms with Crippen molar-refractivity contribution in [2.24, 2.45) is 4.99 Å². The van der Waals surface area contributed by atoms with Crippen molar-refractivity contribution < 1.29 is 26.3 Å². The molecule has 9 heteroatoms. The quantitative estimate of drug-likeness (QED) is 0.296. The zero-order chi connectivity index (χ0) is 23.4. The summed E-state index contributed by atoms with van der Waals surface area (Å²) >= 11 is 5.91. The maximum absolute atomic E-state index is 12.8. The van der Waals surface area contributed by atoms with Gasteiger partial charge in [-0.2, -0.15) is 26.3 Å². The largest absolute Gasteiger partial charge is 0.416 e. The third-order valence-corrected chi connectivity index (χ3v) is 4.56. The van der Waals surface area contributed by atoms with Gasteiger partial charge in [-0.05, 0) is 72.3 Å². The number of benzene rings is 3. The normalized spacial score (nSPS) is 12.9. The first-order valence-corrected chi connectivity index (χ1v) is 9.52. The van der Waals surface area contributed by atoms with Crippen LogP contribution in [0.15, 0.2) is 83.9 Å². The van der Waals surface area contributed by atoms with Crippen LogP contribution in [0.3, 0.4) is 0 Å². The van der Waals surface area contributed by atoms with Crippen LogP contribution in [0, 0.1) is 0 Å². The molecule has 0 aliphatic carbocycles. The second-order valence-corrected chi connectivity index (χ2v) is 7.05. The maximum Gasteiger partial charge on any atom is 0.416 e. The fourth-order valence-corrected chi connectivity index (χ4v) is 2.80. The fraction of sp³-hybridized carbons (Fsp3) is 0.0870. The SMILES string of the molecule is FC(F)(F)c1ccc(N=C/C=C(/Nc2ccc(C(F)(F)F)cc2)c2ccc(Cl)cc2)cc1. The van der Waals surface area contributed by atoms with Crippen LogP contribution in [0.5, 0.6) is 0 Å². The summed E-state index contributed by atoms with van der Waals surface area (Å²) in [6.07, 6.45) is -5.95. The van der Waals surface area contributed by atoms with Crippen LogP contribution in [-0.4, -0.2) is 6.21 Å². The molecule has 0 fully saturated rings. The monoisotopic (exact) mass is 468 g/mol. The van der Waals surface area contributed by atoms with Crippen molar-refractivity contribution in [3.8, 4) is 0 Å². The van der Waals surface area contributed by atoms with Crippen LogP contribution < -0.4 is 5.32 Å². The van der Waals surface area contributed by atoms with E-state index in [9.17, 15) is 26.3 Å². The number of halogens is 7. The van der Waals surface area contributed by atoms with Gasteiger partial charge in [0.15, 0.2) is 0 Å². The summed E-state index contributed by atoms with van der Waals surface area (Å²) in [5.74, 6) is 0. The van der Waals surface area contributed by atoms with Crippen molar-refractivity contribution in [1.29, 1.82) is 0 Å². The summed E-state index contributed by atoms with van der Waals surface area (Å²) in [6, 6.07) is 15.5. The average molecular weight is 469 g/mol. The number of anilines is 1. The number of nitrogens with one attached hydrogen (secondary N) is 1. The first-order valence-electron chi connectivity index (χ1n) is 9.14. The van der Waals surface area contributed by atoms with E-state index in [1.54, 1.807) is 30.3 Å². The lowest BCUT2D eigenvalue weighted by Gasteiger charge is -2.13. The lowest BCUT2D eigenvalue weighted by molar-refractivity contribution is -0.138. The van der Waals surface area contributed by atoms with E-state index < -0.39 is 23.5 Å². The molecule has 0 aliphatic rings. The summed E-state index contributed by atoms with van der Waals surface area (Å²) < 4.78 is 76.3. The molecule has 0 saturated carbocycles. The highest BCUT2D eigenvalue weighted by Gasteiger charge is 2.30. The average Bonchev–Trinajstić information content (AvgIpc) is 2.73. The number of nitrogens with zero attached hydrogens (tertiary/aromatic N) is 1. The molecular weight excluding hydrogens is 454 g/mol. The molecule has 3 aromatic rings. The number of alkyl halides is 6. The fourth-order valence-electron chi connectivity index (χ4n) is 2.67. The van der Waals surface area contributed by atoms with Crippen molar-refractivity contribution in [3.05, 3.63) is 101 Å². The standard InChI is InChI=1S/C23H15ClF6N2/c24-18-7-1-15(2-8-18)21(32-20-11-5-17(6-12-20)23(28,29)30)13-14-31-19-9-3-16(4-10-19)22(25,26)27/h1-14,32H/b21-13+,31-14?. The van der Waals surface area contributed by atoms with Gasteiger partial charge in [0.05, 0.1) is 16.8 Å². The smallest absolute Gasteiger partial charge is 0.355 e. The Bertz CT molecular complexity index is 1100. The summed E-state index contributed by atoms with van der Waals surface area (Å²) in [5.41, 5.74) is 0.327. The molecule has 166 valence electrons. The number of hydrogen-bond acceptors (Lipinski definition) is 2. The first kappa shape index (κ1) is 23.4. The Hall–Kier alpha value is -3.26.